The van der Waals surface area contributed by atoms with Crippen LogP contribution in [0.4, 0.5) is 0 Å². The van der Waals surface area contributed by atoms with Crippen LogP contribution in [0.2, 0.25) is 0 Å². The number of imidazole rings is 1. The summed E-state index contributed by atoms with van der Waals surface area (Å²) in [5, 5.41) is 0. The number of hydrogen-bond acceptors (Lipinski definition) is 4. The van der Waals surface area contributed by atoms with Crippen LogP contribution in [0.25, 0.3) is 11.9 Å². The summed E-state index contributed by atoms with van der Waals surface area (Å²) in [4.78, 5) is 22.5. The molecule has 2 aromatic heterocycles. The molecule has 0 bridgehead atoms. The third-order valence-electron chi connectivity index (χ3n) is 3.41. The fourth-order valence-electron chi connectivity index (χ4n) is 2.32. The number of rotatable bonds is 2. The van der Waals surface area contributed by atoms with Crippen LogP contribution in [0, 0.1) is 0 Å². The number of nitrogens with zero attached hydrogens (tertiary/aromatic N) is 3. The Balaban J connectivity index is 1.63. The number of hydrogen-bond donors (Lipinski definition) is 0. The molecule has 0 N–H and O–H groups in total. The SMILES string of the molecule is O=C1/C(=C/c2ccc(-n3ccnc3)nc2)Sc2ccccc21. The number of carbonyl (C=O) groups excluding carboxylic acids is 1. The zero-order chi connectivity index (χ0) is 14.9. The van der Waals surface area contributed by atoms with Gasteiger partial charge in [-0.3, -0.25) is 9.36 Å². The van der Waals surface area contributed by atoms with E-state index in [1.54, 1.807) is 18.7 Å². The minimum Gasteiger partial charge on any atom is -0.291 e. The summed E-state index contributed by atoms with van der Waals surface area (Å²) in [6.45, 7) is 0. The number of ketones is 1. The van der Waals surface area contributed by atoms with Crippen molar-refractivity contribution in [2.75, 3.05) is 0 Å². The summed E-state index contributed by atoms with van der Waals surface area (Å²) in [7, 11) is 0. The Bertz CT molecular complexity index is 867. The van der Waals surface area contributed by atoms with Gasteiger partial charge >= 0.3 is 0 Å². The van der Waals surface area contributed by atoms with Crippen molar-refractivity contribution in [1.29, 1.82) is 0 Å². The van der Waals surface area contributed by atoms with E-state index in [-0.39, 0.29) is 5.78 Å². The van der Waals surface area contributed by atoms with E-state index in [2.05, 4.69) is 9.97 Å². The van der Waals surface area contributed by atoms with Crippen LogP contribution in [-0.4, -0.2) is 20.3 Å². The summed E-state index contributed by atoms with van der Waals surface area (Å²) in [5.74, 6) is 0.882. The Hall–Kier alpha value is -2.66. The highest BCUT2D eigenvalue weighted by molar-refractivity contribution is 8.04. The average Bonchev–Trinajstić information content (AvgIpc) is 3.18. The monoisotopic (exact) mass is 305 g/mol. The van der Waals surface area contributed by atoms with Crippen LogP contribution in [0.15, 0.2) is 71.1 Å². The molecule has 1 aliphatic heterocycles. The molecule has 0 saturated heterocycles. The first-order chi connectivity index (χ1) is 10.8. The number of allylic oxidation sites excluding steroid dienone is 1. The first kappa shape index (κ1) is 13.0. The van der Waals surface area contributed by atoms with Crippen molar-refractivity contribution >= 4 is 23.6 Å². The van der Waals surface area contributed by atoms with Crippen molar-refractivity contribution in [3.8, 4) is 5.82 Å². The van der Waals surface area contributed by atoms with Gasteiger partial charge < -0.3 is 0 Å². The number of fused-ring (bicyclic) bond motifs is 1. The highest BCUT2D eigenvalue weighted by Gasteiger charge is 2.24. The van der Waals surface area contributed by atoms with Gasteiger partial charge in [0.25, 0.3) is 0 Å². The van der Waals surface area contributed by atoms with Crippen LogP contribution in [0.3, 0.4) is 0 Å². The number of aromatic nitrogens is 3. The Labute approximate surface area is 131 Å². The van der Waals surface area contributed by atoms with Gasteiger partial charge in [-0.05, 0) is 35.9 Å². The number of thioether (sulfide) groups is 1. The molecule has 0 unspecified atom stereocenters. The van der Waals surface area contributed by atoms with Gasteiger partial charge in [-0.25, -0.2) is 9.97 Å². The second kappa shape index (κ2) is 5.27. The van der Waals surface area contributed by atoms with Crippen molar-refractivity contribution in [2.45, 2.75) is 4.90 Å². The van der Waals surface area contributed by atoms with E-state index in [1.165, 1.54) is 11.8 Å². The van der Waals surface area contributed by atoms with E-state index in [0.29, 0.717) is 0 Å². The van der Waals surface area contributed by atoms with E-state index in [9.17, 15) is 4.79 Å². The largest absolute Gasteiger partial charge is 0.291 e. The van der Waals surface area contributed by atoms with Crippen LogP contribution in [-0.2, 0) is 0 Å². The predicted molar refractivity (Wildman–Crippen MR) is 86.0 cm³/mol. The maximum absolute atomic E-state index is 12.3. The van der Waals surface area contributed by atoms with Gasteiger partial charge in [-0.2, -0.15) is 0 Å². The molecule has 0 aliphatic carbocycles. The second-order valence-corrected chi connectivity index (χ2v) is 5.94. The lowest BCUT2D eigenvalue weighted by Crippen LogP contribution is -1.95. The summed E-state index contributed by atoms with van der Waals surface area (Å²) in [6.07, 6.45) is 8.90. The molecule has 0 saturated carbocycles. The molecule has 0 radical (unpaired) electrons. The van der Waals surface area contributed by atoms with E-state index in [0.717, 1.165) is 26.7 Å². The normalized spacial score (nSPS) is 15.3. The van der Waals surface area contributed by atoms with Gasteiger partial charge in [0, 0.05) is 29.0 Å². The maximum Gasteiger partial charge on any atom is 0.200 e. The Morgan fingerprint density at radius 3 is 2.77 bits per heavy atom. The molecule has 0 amide bonds. The number of Topliss-reactive ketones (excluding diaryl/α,β-unsaturated/α-hetero) is 1. The van der Waals surface area contributed by atoms with Crippen LogP contribution in [0.1, 0.15) is 15.9 Å². The van der Waals surface area contributed by atoms with Crippen LogP contribution < -0.4 is 0 Å². The number of benzene rings is 1. The fourth-order valence-corrected chi connectivity index (χ4v) is 3.37. The summed E-state index contributed by atoms with van der Waals surface area (Å²) in [5.41, 5.74) is 1.69. The third kappa shape index (κ3) is 2.25. The fraction of sp³-hybridized carbons (Fsp3) is 0. The molecular formula is C17H11N3OS. The lowest BCUT2D eigenvalue weighted by molar-refractivity contribution is 0.104. The molecule has 3 heterocycles. The Morgan fingerprint density at radius 1 is 1.14 bits per heavy atom. The highest BCUT2D eigenvalue weighted by atomic mass is 32.2. The zero-order valence-corrected chi connectivity index (χ0v) is 12.3. The standard InChI is InChI=1S/C17H11N3OS/c21-17-13-3-1-2-4-14(13)22-15(17)9-12-5-6-16(19-10-12)20-8-7-18-11-20/h1-11H/b15-9-. The number of carbonyl (C=O) groups is 1. The minimum absolute atomic E-state index is 0.0827. The molecule has 5 heteroatoms. The molecule has 22 heavy (non-hydrogen) atoms. The van der Waals surface area contributed by atoms with Gasteiger partial charge in [0.2, 0.25) is 5.78 Å². The summed E-state index contributed by atoms with van der Waals surface area (Å²) < 4.78 is 1.84. The van der Waals surface area contributed by atoms with E-state index in [4.69, 9.17) is 0 Å². The van der Waals surface area contributed by atoms with E-state index < -0.39 is 0 Å². The van der Waals surface area contributed by atoms with Gasteiger partial charge in [-0.1, -0.05) is 23.9 Å². The Kier molecular flexibility index (Phi) is 3.12. The maximum atomic E-state index is 12.3. The summed E-state index contributed by atoms with van der Waals surface area (Å²) in [6, 6.07) is 11.5. The van der Waals surface area contributed by atoms with Crippen LogP contribution >= 0.6 is 11.8 Å². The molecular weight excluding hydrogens is 294 g/mol. The topological polar surface area (TPSA) is 47.8 Å². The van der Waals surface area contributed by atoms with Gasteiger partial charge in [0.15, 0.2) is 0 Å². The molecule has 106 valence electrons. The molecule has 3 aromatic rings. The molecule has 1 aromatic carbocycles. The number of pyridine rings is 1. The van der Waals surface area contributed by atoms with Crippen molar-refractivity contribution in [1.82, 2.24) is 14.5 Å². The van der Waals surface area contributed by atoms with Crippen molar-refractivity contribution < 1.29 is 4.79 Å². The van der Waals surface area contributed by atoms with Crippen molar-refractivity contribution in [3.05, 3.63) is 77.3 Å². The second-order valence-electron chi connectivity index (χ2n) is 4.86. The molecule has 0 fully saturated rings. The first-order valence-corrected chi connectivity index (χ1v) is 7.60. The average molecular weight is 305 g/mol. The summed E-state index contributed by atoms with van der Waals surface area (Å²) >= 11 is 1.51. The third-order valence-corrected chi connectivity index (χ3v) is 4.51. The van der Waals surface area contributed by atoms with Gasteiger partial charge in [-0.15, -0.1) is 0 Å². The van der Waals surface area contributed by atoms with Crippen molar-refractivity contribution in [3.63, 3.8) is 0 Å². The zero-order valence-electron chi connectivity index (χ0n) is 11.5. The van der Waals surface area contributed by atoms with E-state index in [1.807, 2.05) is 53.2 Å². The van der Waals surface area contributed by atoms with Crippen molar-refractivity contribution in [2.24, 2.45) is 0 Å². The smallest absolute Gasteiger partial charge is 0.200 e. The molecule has 0 spiro atoms. The first-order valence-electron chi connectivity index (χ1n) is 6.79. The van der Waals surface area contributed by atoms with Crippen LogP contribution in [0.5, 0.6) is 0 Å². The molecule has 4 rings (SSSR count). The predicted octanol–water partition coefficient (Wildman–Crippen LogP) is 3.60. The molecule has 4 nitrogen and oxygen atoms in total. The molecule has 0 atom stereocenters. The highest BCUT2D eigenvalue weighted by Crippen LogP contribution is 2.40. The lowest BCUT2D eigenvalue weighted by atomic mass is 10.1. The molecule has 1 aliphatic rings. The Morgan fingerprint density at radius 2 is 2.05 bits per heavy atom. The quantitative estimate of drug-likeness (QED) is 0.679. The van der Waals surface area contributed by atoms with Gasteiger partial charge in [0.1, 0.15) is 12.1 Å². The van der Waals surface area contributed by atoms with Gasteiger partial charge in [0.05, 0.1) is 4.91 Å². The minimum atomic E-state index is 0.0827. The van der Waals surface area contributed by atoms with E-state index >= 15 is 0 Å². The lowest BCUT2D eigenvalue weighted by Gasteiger charge is -2.01.